The summed E-state index contributed by atoms with van der Waals surface area (Å²) in [5, 5.41) is 28.8. The van der Waals surface area contributed by atoms with Crippen LogP contribution in [0.25, 0.3) is 5.57 Å². The predicted molar refractivity (Wildman–Crippen MR) is 102 cm³/mol. The van der Waals surface area contributed by atoms with Crippen LogP contribution in [-0.4, -0.2) is 22.4 Å². The van der Waals surface area contributed by atoms with Crippen LogP contribution in [0.15, 0.2) is 36.4 Å². The summed E-state index contributed by atoms with van der Waals surface area (Å²) in [4.78, 5) is 0. The number of allylic oxidation sites excluding steroid dienone is 1. The molecule has 3 rings (SSSR count). The normalized spacial score (nSPS) is 16.2. The maximum atomic E-state index is 9.74. The SMILES string of the molecule is COc1cc(/C2=C/CCCCc3cc(CO)ccc32)cc(CO)c1CO. The molecule has 2 aromatic rings. The summed E-state index contributed by atoms with van der Waals surface area (Å²) in [6, 6.07) is 9.98. The molecule has 0 unspecified atom stereocenters. The second kappa shape index (κ2) is 8.49. The first-order valence-corrected chi connectivity index (χ1v) is 9.06. The Hall–Kier alpha value is -2.14. The van der Waals surface area contributed by atoms with Crippen LogP contribution in [0.1, 0.15) is 52.6 Å². The molecule has 4 nitrogen and oxygen atoms in total. The molecule has 4 heteroatoms. The number of aryl methyl sites for hydroxylation is 1. The van der Waals surface area contributed by atoms with Crippen molar-refractivity contribution in [3.8, 4) is 5.75 Å². The number of aliphatic hydroxyl groups is 3. The van der Waals surface area contributed by atoms with Crippen LogP contribution in [0.3, 0.4) is 0 Å². The van der Waals surface area contributed by atoms with E-state index in [0.717, 1.165) is 47.9 Å². The summed E-state index contributed by atoms with van der Waals surface area (Å²) < 4.78 is 5.46. The maximum Gasteiger partial charge on any atom is 0.125 e. The average molecular weight is 354 g/mol. The van der Waals surface area contributed by atoms with Gasteiger partial charge in [-0.1, -0.05) is 24.3 Å². The fourth-order valence-corrected chi connectivity index (χ4v) is 3.67. The minimum atomic E-state index is -0.172. The molecule has 1 aliphatic rings. The van der Waals surface area contributed by atoms with Gasteiger partial charge in [-0.2, -0.15) is 0 Å². The Bertz CT molecular complexity index is 783. The quantitative estimate of drug-likeness (QED) is 0.770. The lowest BCUT2D eigenvalue weighted by Gasteiger charge is -2.20. The van der Waals surface area contributed by atoms with Crippen molar-refractivity contribution in [3.05, 3.63) is 69.8 Å². The number of benzene rings is 2. The van der Waals surface area contributed by atoms with Crippen LogP contribution in [0.4, 0.5) is 0 Å². The van der Waals surface area contributed by atoms with Crippen LogP contribution < -0.4 is 4.74 Å². The zero-order valence-electron chi connectivity index (χ0n) is 15.2. The fourth-order valence-electron chi connectivity index (χ4n) is 3.67. The highest BCUT2D eigenvalue weighted by Gasteiger charge is 2.17. The molecule has 3 N–H and O–H groups in total. The summed E-state index contributed by atoms with van der Waals surface area (Å²) in [6.07, 6.45) is 6.46. The van der Waals surface area contributed by atoms with Gasteiger partial charge in [0.1, 0.15) is 5.75 Å². The smallest absolute Gasteiger partial charge is 0.125 e. The molecule has 0 aliphatic heterocycles. The number of fused-ring (bicyclic) bond motifs is 1. The van der Waals surface area contributed by atoms with Crippen molar-refractivity contribution < 1.29 is 20.1 Å². The molecule has 0 fully saturated rings. The minimum Gasteiger partial charge on any atom is -0.496 e. The third-order valence-electron chi connectivity index (χ3n) is 5.05. The van der Waals surface area contributed by atoms with Crippen LogP contribution >= 0.6 is 0 Å². The van der Waals surface area contributed by atoms with E-state index in [9.17, 15) is 15.3 Å². The number of rotatable bonds is 5. The molecule has 0 heterocycles. The molecule has 2 aromatic carbocycles. The average Bonchev–Trinajstić information content (AvgIpc) is 2.67. The molecule has 0 amide bonds. The van der Waals surface area contributed by atoms with Gasteiger partial charge in [0.25, 0.3) is 0 Å². The summed E-state index contributed by atoms with van der Waals surface area (Å²) >= 11 is 0. The Labute approximate surface area is 154 Å². The van der Waals surface area contributed by atoms with E-state index in [4.69, 9.17) is 4.74 Å². The van der Waals surface area contributed by atoms with Crippen LogP contribution in [0.5, 0.6) is 5.75 Å². The number of methoxy groups -OCH3 is 1. The Kier molecular flexibility index (Phi) is 6.09. The summed E-state index contributed by atoms with van der Waals surface area (Å²) in [6.45, 7) is -0.279. The molecule has 0 bridgehead atoms. The van der Waals surface area contributed by atoms with Gasteiger partial charge in [0.05, 0.1) is 26.9 Å². The van der Waals surface area contributed by atoms with Gasteiger partial charge >= 0.3 is 0 Å². The third-order valence-corrected chi connectivity index (χ3v) is 5.05. The third kappa shape index (κ3) is 3.68. The molecule has 26 heavy (non-hydrogen) atoms. The van der Waals surface area contributed by atoms with Gasteiger partial charge in [-0.25, -0.2) is 0 Å². The number of ether oxygens (including phenoxy) is 1. The molecular weight excluding hydrogens is 328 g/mol. The standard InChI is InChI=1S/C22H26O4/c1-26-22-11-17(10-18(13-24)21(22)14-25)19-6-4-2-3-5-16-9-15(12-23)7-8-20(16)19/h6-11,23-25H,2-5,12-14H2,1H3/b19-6-. The van der Waals surface area contributed by atoms with Crippen molar-refractivity contribution in [1.82, 2.24) is 0 Å². The highest BCUT2D eigenvalue weighted by atomic mass is 16.5. The second-order valence-electron chi connectivity index (χ2n) is 6.65. The van der Waals surface area contributed by atoms with E-state index < -0.39 is 0 Å². The topological polar surface area (TPSA) is 69.9 Å². The van der Waals surface area contributed by atoms with Crippen molar-refractivity contribution in [2.45, 2.75) is 45.5 Å². The highest BCUT2D eigenvalue weighted by Crippen LogP contribution is 2.35. The summed E-state index contributed by atoms with van der Waals surface area (Å²) in [7, 11) is 1.58. The van der Waals surface area contributed by atoms with E-state index in [-0.39, 0.29) is 19.8 Å². The summed E-state index contributed by atoms with van der Waals surface area (Å²) in [5.74, 6) is 0.588. The van der Waals surface area contributed by atoms with Crippen molar-refractivity contribution in [3.63, 3.8) is 0 Å². The van der Waals surface area contributed by atoms with Gasteiger partial charge < -0.3 is 20.1 Å². The first-order valence-electron chi connectivity index (χ1n) is 9.06. The van der Waals surface area contributed by atoms with E-state index >= 15 is 0 Å². The molecule has 0 saturated heterocycles. The van der Waals surface area contributed by atoms with Crippen molar-refractivity contribution >= 4 is 5.57 Å². The highest BCUT2D eigenvalue weighted by molar-refractivity contribution is 5.83. The lowest BCUT2D eigenvalue weighted by Crippen LogP contribution is -2.04. The van der Waals surface area contributed by atoms with Crippen LogP contribution in [0.2, 0.25) is 0 Å². The second-order valence-corrected chi connectivity index (χ2v) is 6.65. The molecule has 0 saturated carbocycles. The van der Waals surface area contributed by atoms with Crippen LogP contribution in [0, 0.1) is 0 Å². The Morgan fingerprint density at radius 3 is 2.50 bits per heavy atom. The molecule has 1 aliphatic carbocycles. The first kappa shape index (κ1) is 18.6. The monoisotopic (exact) mass is 354 g/mol. The number of hydrogen-bond donors (Lipinski definition) is 3. The lowest BCUT2D eigenvalue weighted by atomic mass is 9.86. The van der Waals surface area contributed by atoms with Crippen molar-refractivity contribution in [2.24, 2.45) is 0 Å². The van der Waals surface area contributed by atoms with E-state index in [0.29, 0.717) is 16.9 Å². The van der Waals surface area contributed by atoms with Gasteiger partial charge in [0, 0.05) is 5.56 Å². The number of hydrogen-bond acceptors (Lipinski definition) is 4. The van der Waals surface area contributed by atoms with Gasteiger partial charge in [0.15, 0.2) is 0 Å². The van der Waals surface area contributed by atoms with Gasteiger partial charge in [-0.3, -0.25) is 0 Å². The first-order chi connectivity index (χ1) is 12.7. The van der Waals surface area contributed by atoms with E-state index in [1.165, 1.54) is 5.56 Å². The molecule has 0 aromatic heterocycles. The van der Waals surface area contributed by atoms with Crippen molar-refractivity contribution in [1.29, 1.82) is 0 Å². The van der Waals surface area contributed by atoms with Crippen molar-refractivity contribution in [2.75, 3.05) is 7.11 Å². The zero-order valence-corrected chi connectivity index (χ0v) is 15.2. The summed E-state index contributed by atoms with van der Waals surface area (Å²) in [5.41, 5.74) is 6.71. The van der Waals surface area contributed by atoms with Gasteiger partial charge in [-0.15, -0.1) is 0 Å². The Morgan fingerprint density at radius 2 is 1.81 bits per heavy atom. The maximum absolute atomic E-state index is 9.74. The van der Waals surface area contributed by atoms with Gasteiger partial charge in [0.2, 0.25) is 0 Å². The lowest BCUT2D eigenvalue weighted by molar-refractivity contribution is 0.254. The van der Waals surface area contributed by atoms with Crippen LogP contribution in [-0.2, 0) is 26.2 Å². The molecule has 0 atom stereocenters. The molecule has 0 spiro atoms. The zero-order chi connectivity index (χ0) is 18.5. The minimum absolute atomic E-state index is 0.0417. The fraction of sp³-hybridized carbons (Fsp3) is 0.364. The van der Waals surface area contributed by atoms with E-state index in [1.54, 1.807) is 7.11 Å². The van der Waals surface area contributed by atoms with Gasteiger partial charge in [-0.05, 0) is 71.2 Å². The Morgan fingerprint density at radius 1 is 0.962 bits per heavy atom. The van der Waals surface area contributed by atoms with E-state index in [2.05, 4.69) is 18.2 Å². The predicted octanol–water partition coefficient (Wildman–Crippen LogP) is 3.33. The molecular formula is C22H26O4. The molecule has 138 valence electrons. The Balaban J connectivity index is 2.16. The van der Waals surface area contributed by atoms with E-state index in [1.807, 2.05) is 18.2 Å². The number of aliphatic hydroxyl groups excluding tert-OH is 3. The largest absolute Gasteiger partial charge is 0.496 e. The molecule has 0 radical (unpaired) electrons.